The number of nitrogens with zero attached hydrogens (tertiary/aromatic N) is 1. The van der Waals surface area contributed by atoms with Crippen LogP contribution in [0.4, 0.5) is 0 Å². The normalized spacial score (nSPS) is 32.6. The molecule has 3 fully saturated rings. The van der Waals surface area contributed by atoms with Crippen LogP contribution < -0.4 is 10.1 Å². The Morgan fingerprint density at radius 3 is 2.68 bits per heavy atom. The van der Waals surface area contributed by atoms with Gasteiger partial charge in [-0.3, -0.25) is 9.69 Å². The smallest absolute Gasteiger partial charge is 0.251 e. The molecule has 2 aromatic rings. The van der Waals surface area contributed by atoms with Crippen LogP contribution in [0.3, 0.4) is 0 Å². The number of benzene rings is 2. The highest BCUT2D eigenvalue weighted by Gasteiger charge is 2.71. The summed E-state index contributed by atoms with van der Waals surface area (Å²) in [6.07, 6.45) is 7.47. The van der Waals surface area contributed by atoms with Crippen LogP contribution >= 0.6 is 0 Å². The lowest BCUT2D eigenvalue weighted by molar-refractivity contribution is -0.185. The summed E-state index contributed by atoms with van der Waals surface area (Å²) < 4.78 is 6.27. The van der Waals surface area contributed by atoms with Crippen LogP contribution in [0.2, 0.25) is 0 Å². The third-order valence-corrected chi connectivity index (χ3v) is 8.93. The van der Waals surface area contributed by atoms with Crippen LogP contribution in [0.15, 0.2) is 42.5 Å². The molecule has 7 rings (SSSR count). The second kappa shape index (κ2) is 7.99. The number of phenols is 1. The zero-order valence-electron chi connectivity index (χ0n) is 19.8. The zero-order chi connectivity index (χ0) is 23.5. The van der Waals surface area contributed by atoms with E-state index >= 15 is 0 Å². The average molecular weight is 463 g/mol. The molecule has 6 nitrogen and oxygen atoms in total. The number of aromatic hydroxyl groups is 1. The Bertz CT molecular complexity index is 1100. The molecular weight excluding hydrogens is 428 g/mol. The van der Waals surface area contributed by atoms with Crippen molar-refractivity contribution in [1.82, 2.24) is 10.2 Å². The average Bonchev–Trinajstić information content (AvgIpc) is 3.60. The number of nitrogens with one attached hydrogen (secondary N) is 1. The highest BCUT2D eigenvalue weighted by Crippen LogP contribution is 2.65. The van der Waals surface area contributed by atoms with E-state index in [9.17, 15) is 15.0 Å². The quantitative estimate of drug-likeness (QED) is 0.652. The van der Waals surface area contributed by atoms with E-state index in [-0.39, 0.29) is 29.2 Å². The third kappa shape index (κ3) is 3.11. The van der Waals surface area contributed by atoms with E-state index in [1.165, 1.54) is 18.4 Å². The van der Waals surface area contributed by atoms with Crippen molar-refractivity contribution in [1.29, 1.82) is 0 Å². The molecule has 2 saturated carbocycles. The van der Waals surface area contributed by atoms with Crippen molar-refractivity contribution in [3.63, 3.8) is 0 Å². The van der Waals surface area contributed by atoms with Gasteiger partial charge in [0, 0.05) is 30.8 Å². The summed E-state index contributed by atoms with van der Waals surface area (Å²) in [6, 6.07) is 13.2. The van der Waals surface area contributed by atoms with Gasteiger partial charge in [0.1, 0.15) is 6.10 Å². The van der Waals surface area contributed by atoms with Gasteiger partial charge in [-0.15, -0.1) is 0 Å². The Morgan fingerprint density at radius 2 is 1.94 bits per heavy atom. The van der Waals surface area contributed by atoms with Gasteiger partial charge in [-0.05, 0) is 81.2 Å². The number of piperidine rings is 1. The number of rotatable bonds is 3. The van der Waals surface area contributed by atoms with Gasteiger partial charge in [0.25, 0.3) is 5.91 Å². The first-order valence-electron chi connectivity index (χ1n) is 12.7. The molecule has 0 aromatic heterocycles. The molecule has 5 aliphatic rings. The van der Waals surface area contributed by atoms with Crippen LogP contribution in [-0.2, 0) is 11.8 Å². The number of amides is 1. The molecule has 180 valence electrons. The first-order valence-corrected chi connectivity index (χ1v) is 12.7. The van der Waals surface area contributed by atoms with Crippen LogP contribution in [-0.4, -0.2) is 58.9 Å². The van der Waals surface area contributed by atoms with Gasteiger partial charge >= 0.3 is 0 Å². The molecule has 2 heterocycles. The molecule has 1 saturated heterocycles. The maximum atomic E-state index is 12.0. The summed E-state index contributed by atoms with van der Waals surface area (Å²) in [5.41, 5.74) is 2.15. The molecule has 2 aliphatic heterocycles. The molecule has 2 bridgehead atoms. The predicted octanol–water partition coefficient (Wildman–Crippen LogP) is 3.39. The van der Waals surface area contributed by atoms with E-state index in [4.69, 9.17) is 4.74 Å². The number of carbonyl (C=O) groups excluding carboxylic acids is 1. The van der Waals surface area contributed by atoms with E-state index in [0.29, 0.717) is 11.3 Å². The minimum Gasteiger partial charge on any atom is -0.504 e. The Labute approximate surface area is 200 Å². The van der Waals surface area contributed by atoms with Gasteiger partial charge < -0.3 is 20.3 Å². The first kappa shape index (κ1) is 21.9. The number of hydrogen-bond donors (Lipinski definition) is 3. The van der Waals surface area contributed by atoms with Crippen molar-refractivity contribution in [2.24, 2.45) is 5.92 Å². The zero-order valence-corrected chi connectivity index (χ0v) is 19.8. The summed E-state index contributed by atoms with van der Waals surface area (Å²) in [5, 5.41) is 24.9. The molecule has 4 atom stereocenters. The van der Waals surface area contributed by atoms with Gasteiger partial charge in [-0.25, -0.2) is 0 Å². The van der Waals surface area contributed by atoms with Gasteiger partial charge in [0.2, 0.25) is 0 Å². The Morgan fingerprint density at radius 1 is 1.15 bits per heavy atom. The molecule has 6 heteroatoms. The minimum absolute atomic E-state index is 0.0316. The highest BCUT2D eigenvalue weighted by molar-refractivity contribution is 5.93. The maximum absolute atomic E-state index is 12.0. The molecule has 34 heavy (non-hydrogen) atoms. The SMILES string of the molecule is CNC(=O)c1ccccc1.Oc1ccc2c3c1O[C@H]1CCC[C@@]4(O)[C@@H](C2)N(CC2CC2)CC[C@]314. The molecule has 3 N–H and O–H groups in total. The van der Waals surface area contributed by atoms with Crippen LogP contribution in [0.1, 0.15) is 60.0 Å². The van der Waals surface area contributed by atoms with Gasteiger partial charge in [-0.2, -0.15) is 0 Å². The van der Waals surface area contributed by atoms with E-state index in [1.807, 2.05) is 18.2 Å². The summed E-state index contributed by atoms with van der Waals surface area (Å²) >= 11 is 0. The van der Waals surface area contributed by atoms with Crippen molar-refractivity contribution < 1.29 is 19.7 Å². The van der Waals surface area contributed by atoms with Crippen molar-refractivity contribution in [2.45, 2.75) is 68.1 Å². The fourth-order valence-electron chi connectivity index (χ4n) is 7.21. The number of hydrogen-bond acceptors (Lipinski definition) is 5. The third-order valence-electron chi connectivity index (χ3n) is 8.93. The van der Waals surface area contributed by atoms with Crippen LogP contribution in [0.25, 0.3) is 0 Å². The number of likely N-dealkylation sites (tertiary alicyclic amines) is 1. The van der Waals surface area contributed by atoms with Crippen LogP contribution in [0, 0.1) is 5.92 Å². The fraction of sp³-hybridized carbons (Fsp3) is 0.536. The summed E-state index contributed by atoms with van der Waals surface area (Å²) in [7, 11) is 1.62. The Hall–Kier alpha value is -2.57. The molecule has 0 unspecified atom stereocenters. The predicted molar refractivity (Wildman–Crippen MR) is 129 cm³/mol. The molecular formula is C28H34N2O4. The summed E-state index contributed by atoms with van der Waals surface area (Å²) in [5.74, 6) is 1.73. The van der Waals surface area contributed by atoms with E-state index < -0.39 is 5.60 Å². The lowest BCUT2D eigenvalue weighted by Crippen LogP contribution is -2.75. The van der Waals surface area contributed by atoms with Gasteiger partial charge in [0.05, 0.1) is 11.0 Å². The number of phenolic OH excluding ortho intramolecular Hbond substituents is 1. The van der Waals surface area contributed by atoms with Crippen molar-refractivity contribution >= 4 is 5.91 Å². The summed E-state index contributed by atoms with van der Waals surface area (Å²) in [6.45, 7) is 2.20. The molecule has 1 amide bonds. The Kier molecular flexibility index (Phi) is 5.15. The van der Waals surface area contributed by atoms with E-state index in [1.54, 1.807) is 25.2 Å². The standard InChI is InChI=1S/C20H25NO3.C8H9NO/c22-14-6-5-13-10-15-20(23)7-1-2-16-19(20,17(13)18(14)24-16)8-9-21(15)11-12-3-4-12;1-9-8(10)7-5-3-2-4-6-7/h5-6,12,15-16,22-23H,1-4,7-11H2;2-6H,1H3,(H,9,10)/t15-,16+,19-,20-;/m1./s1. The van der Waals surface area contributed by atoms with Crippen molar-refractivity contribution in [2.75, 3.05) is 20.1 Å². The monoisotopic (exact) mass is 462 g/mol. The van der Waals surface area contributed by atoms with Crippen molar-refractivity contribution in [3.8, 4) is 11.5 Å². The second-order valence-electron chi connectivity index (χ2n) is 10.7. The highest BCUT2D eigenvalue weighted by atomic mass is 16.5. The molecule has 1 spiro atoms. The molecule has 3 aliphatic carbocycles. The topological polar surface area (TPSA) is 82.0 Å². The first-order chi connectivity index (χ1) is 16.5. The van der Waals surface area contributed by atoms with E-state index in [2.05, 4.69) is 16.3 Å². The molecule has 0 radical (unpaired) electrons. The second-order valence-corrected chi connectivity index (χ2v) is 10.7. The van der Waals surface area contributed by atoms with Crippen LogP contribution in [0.5, 0.6) is 11.5 Å². The number of ether oxygens (including phenoxy) is 1. The minimum atomic E-state index is -0.699. The van der Waals surface area contributed by atoms with Gasteiger partial charge in [0.15, 0.2) is 11.5 Å². The lowest BCUT2D eigenvalue weighted by Gasteiger charge is -2.63. The maximum Gasteiger partial charge on any atom is 0.251 e. The van der Waals surface area contributed by atoms with E-state index in [0.717, 1.165) is 56.7 Å². The lowest BCUT2D eigenvalue weighted by atomic mass is 9.49. The molecule has 2 aromatic carbocycles. The largest absolute Gasteiger partial charge is 0.504 e. The number of aliphatic hydroxyl groups is 1. The van der Waals surface area contributed by atoms with Crippen molar-refractivity contribution in [3.05, 3.63) is 59.2 Å². The summed E-state index contributed by atoms with van der Waals surface area (Å²) in [4.78, 5) is 13.5. The number of carbonyl (C=O) groups is 1. The Balaban J connectivity index is 0.000000185. The fourth-order valence-corrected chi connectivity index (χ4v) is 7.21. The van der Waals surface area contributed by atoms with Gasteiger partial charge in [-0.1, -0.05) is 24.3 Å².